The highest BCUT2D eigenvalue weighted by atomic mass is 32.2. The summed E-state index contributed by atoms with van der Waals surface area (Å²) in [7, 11) is 0. The predicted octanol–water partition coefficient (Wildman–Crippen LogP) is 2.28. The van der Waals surface area contributed by atoms with Crippen LogP contribution in [0, 0.1) is 5.82 Å². The van der Waals surface area contributed by atoms with Gasteiger partial charge in [-0.3, -0.25) is 9.69 Å². The SMILES string of the molecule is O=C1N=C(N2CCN3CCC[C@H]3C2)S/C1=C\c1cc(F)ccc1O. The Labute approximate surface area is 143 Å². The lowest BCUT2D eigenvalue weighted by Crippen LogP contribution is -2.51. The Kier molecular flexibility index (Phi) is 4.05. The molecule has 2 saturated heterocycles. The van der Waals surface area contributed by atoms with E-state index in [1.807, 2.05) is 0 Å². The van der Waals surface area contributed by atoms with Gasteiger partial charge in [0.25, 0.3) is 5.91 Å². The van der Waals surface area contributed by atoms with E-state index >= 15 is 0 Å². The number of phenolic OH excluding ortho intramolecular Hbond substituents is 1. The molecule has 0 spiro atoms. The fourth-order valence-electron chi connectivity index (χ4n) is 3.48. The Morgan fingerprint density at radius 2 is 2.21 bits per heavy atom. The molecule has 1 aromatic rings. The summed E-state index contributed by atoms with van der Waals surface area (Å²) in [6, 6.07) is 4.24. The summed E-state index contributed by atoms with van der Waals surface area (Å²) in [5.74, 6) is -0.827. The lowest BCUT2D eigenvalue weighted by molar-refractivity contribution is -0.113. The zero-order valence-electron chi connectivity index (χ0n) is 13.1. The van der Waals surface area contributed by atoms with Gasteiger partial charge in [0.05, 0.1) is 4.91 Å². The number of phenols is 1. The minimum atomic E-state index is -0.450. The number of nitrogens with zero attached hydrogens (tertiary/aromatic N) is 3. The van der Waals surface area contributed by atoms with E-state index in [9.17, 15) is 14.3 Å². The van der Waals surface area contributed by atoms with Crippen LogP contribution in [-0.4, -0.2) is 58.2 Å². The first-order valence-corrected chi connectivity index (χ1v) is 8.92. The van der Waals surface area contributed by atoms with E-state index in [2.05, 4.69) is 14.8 Å². The van der Waals surface area contributed by atoms with Crippen LogP contribution in [0.4, 0.5) is 4.39 Å². The van der Waals surface area contributed by atoms with E-state index in [0.29, 0.717) is 21.7 Å². The van der Waals surface area contributed by atoms with Crippen LogP contribution in [0.5, 0.6) is 5.75 Å². The van der Waals surface area contributed by atoms with Gasteiger partial charge in [-0.15, -0.1) is 0 Å². The molecule has 0 saturated carbocycles. The number of aliphatic imine (C=N–C) groups is 1. The zero-order chi connectivity index (χ0) is 16.7. The van der Waals surface area contributed by atoms with Crippen molar-refractivity contribution in [1.82, 2.24) is 9.80 Å². The first-order chi connectivity index (χ1) is 11.6. The van der Waals surface area contributed by atoms with Gasteiger partial charge in [0.1, 0.15) is 11.6 Å². The second kappa shape index (κ2) is 6.22. The monoisotopic (exact) mass is 347 g/mol. The first kappa shape index (κ1) is 15.7. The Morgan fingerprint density at radius 3 is 3.08 bits per heavy atom. The molecule has 1 atom stereocenters. The molecule has 7 heteroatoms. The number of hydrogen-bond acceptors (Lipinski definition) is 5. The topological polar surface area (TPSA) is 56.1 Å². The number of benzene rings is 1. The van der Waals surface area contributed by atoms with Gasteiger partial charge < -0.3 is 10.0 Å². The van der Waals surface area contributed by atoms with Crippen molar-refractivity contribution < 1.29 is 14.3 Å². The van der Waals surface area contributed by atoms with Gasteiger partial charge in [-0.1, -0.05) is 0 Å². The number of carbonyl (C=O) groups is 1. The molecule has 0 aliphatic carbocycles. The van der Waals surface area contributed by atoms with E-state index in [0.717, 1.165) is 19.6 Å². The molecule has 0 radical (unpaired) electrons. The summed E-state index contributed by atoms with van der Waals surface area (Å²) in [6.07, 6.45) is 3.94. The van der Waals surface area contributed by atoms with Crippen LogP contribution in [0.15, 0.2) is 28.1 Å². The van der Waals surface area contributed by atoms with Crippen molar-refractivity contribution >= 4 is 28.9 Å². The number of fused-ring (bicyclic) bond motifs is 1. The van der Waals surface area contributed by atoms with E-state index in [1.54, 1.807) is 0 Å². The van der Waals surface area contributed by atoms with Crippen molar-refractivity contribution in [3.05, 3.63) is 34.5 Å². The summed E-state index contributed by atoms with van der Waals surface area (Å²) in [4.78, 5) is 21.4. The van der Waals surface area contributed by atoms with Crippen LogP contribution in [-0.2, 0) is 4.79 Å². The molecule has 126 valence electrons. The van der Waals surface area contributed by atoms with Crippen molar-refractivity contribution in [3.8, 4) is 5.75 Å². The maximum atomic E-state index is 13.3. The quantitative estimate of drug-likeness (QED) is 0.790. The van der Waals surface area contributed by atoms with Crippen molar-refractivity contribution in [3.63, 3.8) is 0 Å². The number of hydrogen-bond donors (Lipinski definition) is 1. The average molecular weight is 347 g/mol. The van der Waals surface area contributed by atoms with Crippen LogP contribution in [0.25, 0.3) is 6.08 Å². The molecule has 1 N–H and O–H groups in total. The Hall–Kier alpha value is -1.86. The van der Waals surface area contributed by atoms with Crippen molar-refractivity contribution in [2.24, 2.45) is 4.99 Å². The fourth-order valence-corrected chi connectivity index (χ4v) is 4.42. The number of amidine groups is 1. The summed E-state index contributed by atoms with van der Waals surface area (Å²) in [5.41, 5.74) is 0.294. The van der Waals surface area contributed by atoms with E-state index in [-0.39, 0.29) is 11.7 Å². The molecule has 1 aromatic carbocycles. The molecule has 2 fully saturated rings. The molecule has 5 nitrogen and oxygen atoms in total. The number of thioether (sulfide) groups is 1. The van der Waals surface area contributed by atoms with Crippen LogP contribution in [0.3, 0.4) is 0 Å². The van der Waals surface area contributed by atoms with Crippen molar-refractivity contribution in [1.29, 1.82) is 0 Å². The first-order valence-electron chi connectivity index (χ1n) is 8.10. The number of piperazine rings is 1. The Balaban J connectivity index is 1.51. The minimum Gasteiger partial charge on any atom is -0.507 e. The number of aromatic hydroxyl groups is 1. The number of rotatable bonds is 1. The third-order valence-electron chi connectivity index (χ3n) is 4.74. The molecule has 0 unspecified atom stereocenters. The summed E-state index contributed by atoms with van der Waals surface area (Å²) in [5, 5.41) is 10.5. The average Bonchev–Trinajstić information content (AvgIpc) is 3.17. The molecule has 0 aromatic heterocycles. The molecule has 3 aliphatic heterocycles. The maximum absolute atomic E-state index is 13.3. The molecular formula is C17H18FN3O2S. The molecule has 1 amide bonds. The van der Waals surface area contributed by atoms with E-state index in [1.165, 1.54) is 55.4 Å². The van der Waals surface area contributed by atoms with Gasteiger partial charge >= 0.3 is 0 Å². The summed E-state index contributed by atoms with van der Waals surface area (Å²) >= 11 is 1.30. The Bertz CT molecular complexity index is 749. The van der Waals surface area contributed by atoms with Crippen LogP contribution in [0.2, 0.25) is 0 Å². The number of halogens is 1. The highest BCUT2D eigenvalue weighted by Crippen LogP contribution is 2.33. The fraction of sp³-hybridized carbons (Fsp3) is 0.412. The number of amides is 1. The van der Waals surface area contributed by atoms with Gasteiger partial charge in [0, 0.05) is 31.2 Å². The lowest BCUT2D eigenvalue weighted by atomic mass is 10.2. The van der Waals surface area contributed by atoms with Crippen LogP contribution >= 0.6 is 11.8 Å². The molecule has 0 bridgehead atoms. The summed E-state index contributed by atoms with van der Waals surface area (Å²) < 4.78 is 13.3. The van der Waals surface area contributed by atoms with Crippen LogP contribution in [0.1, 0.15) is 18.4 Å². The van der Waals surface area contributed by atoms with Gasteiger partial charge in [-0.2, -0.15) is 4.99 Å². The van der Waals surface area contributed by atoms with Gasteiger partial charge in [-0.05, 0) is 55.4 Å². The van der Waals surface area contributed by atoms with Crippen molar-refractivity contribution in [2.75, 3.05) is 26.2 Å². The molecule has 24 heavy (non-hydrogen) atoms. The molecule has 4 rings (SSSR count). The molecule has 3 heterocycles. The predicted molar refractivity (Wildman–Crippen MR) is 92.2 cm³/mol. The van der Waals surface area contributed by atoms with Crippen molar-refractivity contribution in [2.45, 2.75) is 18.9 Å². The minimum absolute atomic E-state index is 0.0506. The second-order valence-electron chi connectivity index (χ2n) is 6.29. The van der Waals surface area contributed by atoms with E-state index < -0.39 is 5.82 Å². The highest BCUT2D eigenvalue weighted by Gasteiger charge is 2.34. The maximum Gasteiger partial charge on any atom is 0.286 e. The highest BCUT2D eigenvalue weighted by molar-refractivity contribution is 8.18. The molecular weight excluding hydrogens is 329 g/mol. The largest absolute Gasteiger partial charge is 0.507 e. The van der Waals surface area contributed by atoms with Gasteiger partial charge in [0.15, 0.2) is 5.17 Å². The van der Waals surface area contributed by atoms with E-state index in [4.69, 9.17) is 0 Å². The second-order valence-corrected chi connectivity index (χ2v) is 7.30. The molecule has 3 aliphatic rings. The normalized spacial score (nSPS) is 26.1. The van der Waals surface area contributed by atoms with Crippen LogP contribution < -0.4 is 0 Å². The standard InChI is InChI=1S/C17H18FN3O2S/c18-12-3-4-14(22)11(8-12)9-15-16(23)19-17(24-15)21-7-6-20-5-1-2-13(20)10-21/h3-4,8-9,13,22H,1-2,5-7,10H2/b15-9-/t13-/m0/s1. The van der Waals surface area contributed by atoms with Gasteiger partial charge in [0.2, 0.25) is 0 Å². The lowest BCUT2D eigenvalue weighted by Gasteiger charge is -2.38. The summed E-state index contributed by atoms with van der Waals surface area (Å²) in [6.45, 7) is 3.94. The third kappa shape index (κ3) is 2.93. The Morgan fingerprint density at radius 1 is 1.33 bits per heavy atom. The number of carbonyl (C=O) groups excluding carboxylic acids is 1. The van der Waals surface area contributed by atoms with Gasteiger partial charge in [-0.25, -0.2) is 4.39 Å². The third-order valence-corrected chi connectivity index (χ3v) is 5.79. The zero-order valence-corrected chi connectivity index (χ0v) is 13.9. The smallest absolute Gasteiger partial charge is 0.286 e.